The largest absolute Gasteiger partial charge is 0.379 e. The van der Waals surface area contributed by atoms with E-state index in [1.807, 2.05) is 44.2 Å². The molecular formula is C23H28Cl2F2N4. The van der Waals surface area contributed by atoms with Crippen LogP contribution in [0.4, 0.5) is 14.5 Å². The SMILES string of the molecule is CC.FC(F)n1cc(Cl)c2nc(Cl)cc(NCc3ccccc3)c21.NC1CC=CCC1. The van der Waals surface area contributed by atoms with E-state index in [9.17, 15) is 8.78 Å². The molecule has 0 radical (unpaired) electrons. The maximum atomic E-state index is 13.2. The quantitative estimate of drug-likeness (QED) is 0.309. The Labute approximate surface area is 192 Å². The molecule has 0 fully saturated rings. The van der Waals surface area contributed by atoms with E-state index in [0.29, 0.717) is 18.3 Å². The predicted molar refractivity (Wildman–Crippen MR) is 127 cm³/mol. The molecule has 1 aromatic carbocycles. The zero-order chi connectivity index (χ0) is 22.8. The van der Waals surface area contributed by atoms with Crippen LogP contribution in [0.1, 0.15) is 45.2 Å². The molecule has 1 atom stereocenters. The summed E-state index contributed by atoms with van der Waals surface area (Å²) in [6.45, 7) is 1.76. The molecule has 1 unspecified atom stereocenters. The van der Waals surface area contributed by atoms with Crippen molar-refractivity contribution in [2.45, 2.75) is 52.2 Å². The molecule has 1 aliphatic rings. The number of pyridine rings is 1. The van der Waals surface area contributed by atoms with Crippen molar-refractivity contribution in [2.75, 3.05) is 5.32 Å². The summed E-state index contributed by atoms with van der Waals surface area (Å²) < 4.78 is 27.1. The number of allylic oxidation sites excluding steroid dienone is 1. The molecule has 0 amide bonds. The Balaban J connectivity index is 0.000000319. The Hall–Kier alpha value is -2.15. The number of nitrogens with zero attached hydrogens (tertiary/aromatic N) is 2. The molecule has 2 aromatic heterocycles. The Morgan fingerprint density at radius 1 is 1.19 bits per heavy atom. The maximum Gasteiger partial charge on any atom is 0.319 e. The van der Waals surface area contributed by atoms with Gasteiger partial charge < -0.3 is 11.1 Å². The minimum Gasteiger partial charge on any atom is -0.379 e. The van der Waals surface area contributed by atoms with Gasteiger partial charge in [-0.25, -0.2) is 4.98 Å². The van der Waals surface area contributed by atoms with Crippen LogP contribution in [0, 0.1) is 0 Å². The molecule has 3 N–H and O–H groups in total. The molecule has 0 saturated carbocycles. The first kappa shape index (κ1) is 25.1. The first-order chi connectivity index (χ1) is 15.0. The van der Waals surface area contributed by atoms with Crippen LogP contribution in [-0.2, 0) is 6.54 Å². The summed E-state index contributed by atoms with van der Waals surface area (Å²) in [6, 6.07) is 11.6. The van der Waals surface area contributed by atoms with E-state index in [1.165, 1.54) is 18.9 Å². The van der Waals surface area contributed by atoms with Gasteiger partial charge in [-0.3, -0.25) is 4.57 Å². The summed E-state index contributed by atoms with van der Waals surface area (Å²) in [5, 5.41) is 3.45. The van der Waals surface area contributed by atoms with Crippen molar-refractivity contribution in [3.63, 3.8) is 0 Å². The minimum atomic E-state index is -2.71. The van der Waals surface area contributed by atoms with Crippen LogP contribution >= 0.6 is 23.2 Å². The fourth-order valence-corrected chi connectivity index (χ4v) is 3.51. The van der Waals surface area contributed by atoms with Crippen molar-refractivity contribution in [2.24, 2.45) is 5.73 Å². The summed E-state index contributed by atoms with van der Waals surface area (Å²) in [7, 11) is 0. The summed E-state index contributed by atoms with van der Waals surface area (Å²) in [4.78, 5) is 4.03. The van der Waals surface area contributed by atoms with Gasteiger partial charge in [0.15, 0.2) is 0 Å². The molecule has 0 bridgehead atoms. The lowest BCUT2D eigenvalue weighted by Crippen LogP contribution is -2.19. The lowest BCUT2D eigenvalue weighted by Gasteiger charge is -2.11. The minimum absolute atomic E-state index is 0.139. The summed E-state index contributed by atoms with van der Waals surface area (Å²) >= 11 is 11.9. The van der Waals surface area contributed by atoms with Crippen molar-refractivity contribution in [3.8, 4) is 0 Å². The average molecular weight is 469 g/mol. The summed E-state index contributed by atoms with van der Waals surface area (Å²) in [5.41, 5.74) is 7.56. The van der Waals surface area contributed by atoms with Gasteiger partial charge in [0.2, 0.25) is 0 Å². The predicted octanol–water partition coefficient (Wildman–Crippen LogP) is 7.43. The number of alkyl halides is 2. The zero-order valence-corrected chi connectivity index (χ0v) is 19.2. The first-order valence-corrected chi connectivity index (χ1v) is 11.0. The highest BCUT2D eigenvalue weighted by atomic mass is 35.5. The number of anilines is 1. The van der Waals surface area contributed by atoms with E-state index in [1.54, 1.807) is 0 Å². The second-order valence-corrected chi connectivity index (χ2v) is 7.53. The van der Waals surface area contributed by atoms with E-state index < -0.39 is 6.55 Å². The fraction of sp³-hybridized carbons (Fsp3) is 0.348. The van der Waals surface area contributed by atoms with Gasteiger partial charge in [-0.1, -0.05) is 79.5 Å². The topological polar surface area (TPSA) is 55.9 Å². The molecule has 31 heavy (non-hydrogen) atoms. The monoisotopic (exact) mass is 468 g/mol. The highest BCUT2D eigenvalue weighted by Crippen LogP contribution is 2.34. The number of halogens is 4. The van der Waals surface area contributed by atoms with Crippen LogP contribution in [0.5, 0.6) is 0 Å². The van der Waals surface area contributed by atoms with Crippen LogP contribution in [0.25, 0.3) is 11.0 Å². The van der Waals surface area contributed by atoms with Gasteiger partial charge in [0.05, 0.1) is 16.2 Å². The van der Waals surface area contributed by atoms with Gasteiger partial charge in [-0.15, -0.1) is 0 Å². The molecule has 4 rings (SSSR count). The van der Waals surface area contributed by atoms with Gasteiger partial charge in [-0.05, 0) is 24.8 Å². The van der Waals surface area contributed by atoms with Crippen molar-refractivity contribution in [1.29, 1.82) is 0 Å². The van der Waals surface area contributed by atoms with E-state index in [2.05, 4.69) is 22.5 Å². The van der Waals surface area contributed by atoms with Crippen molar-refractivity contribution in [3.05, 3.63) is 70.5 Å². The van der Waals surface area contributed by atoms with Crippen LogP contribution in [0.2, 0.25) is 10.2 Å². The number of nitrogens with one attached hydrogen (secondary N) is 1. The molecule has 2 heterocycles. The van der Waals surface area contributed by atoms with Gasteiger partial charge in [0.1, 0.15) is 10.7 Å². The number of hydrogen-bond donors (Lipinski definition) is 2. The molecule has 1 aliphatic carbocycles. The van der Waals surface area contributed by atoms with Gasteiger partial charge >= 0.3 is 6.55 Å². The number of aromatic nitrogens is 2. The fourth-order valence-electron chi connectivity index (χ4n) is 3.08. The second kappa shape index (κ2) is 12.6. The number of rotatable bonds is 4. The van der Waals surface area contributed by atoms with Crippen molar-refractivity contribution >= 4 is 39.9 Å². The molecule has 3 aromatic rings. The Bertz CT molecular complexity index is 975. The van der Waals surface area contributed by atoms with Gasteiger partial charge in [0, 0.05) is 24.8 Å². The molecule has 4 nitrogen and oxygen atoms in total. The third-order valence-corrected chi connectivity index (χ3v) is 5.01. The molecule has 168 valence electrons. The second-order valence-electron chi connectivity index (χ2n) is 6.74. The molecule has 0 aliphatic heterocycles. The standard InChI is InChI=1S/C15H11Cl2F2N3.C6H11N.C2H6/c16-10-8-22(15(18)19)14-11(6-12(17)21-13(10)14)20-7-9-4-2-1-3-5-9;7-6-4-2-1-3-5-6;1-2/h1-6,8,15H,7H2,(H,20,21);1-2,6H,3-5,7H2;1-2H3. The maximum absolute atomic E-state index is 13.2. The third kappa shape index (κ3) is 7.20. The first-order valence-electron chi connectivity index (χ1n) is 10.3. The number of benzene rings is 1. The van der Waals surface area contributed by atoms with E-state index in [-0.39, 0.29) is 21.2 Å². The van der Waals surface area contributed by atoms with Crippen LogP contribution in [0.3, 0.4) is 0 Å². The highest BCUT2D eigenvalue weighted by molar-refractivity contribution is 6.36. The van der Waals surface area contributed by atoms with Crippen molar-refractivity contribution < 1.29 is 8.78 Å². The lowest BCUT2D eigenvalue weighted by molar-refractivity contribution is 0.0753. The van der Waals surface area contributed by atoms with Crippen LogP contribution < -0.4 is 11.1 Å². The highest BCUT2D eigenvalue weighted by Gasteiger charge is 2.18. The van der Waals surface area contributed by atoms with Crippen LogP contribution in [0.15, 0.2) is 54.7 Å². The number of hydrogen-bond acceptors (Lipinski definition) is 3. The smallest absolute Gasteiger partial charge is 0.319 e. The van der Waals surface area contributed by atoms with Gasteiger partial charge in [-0.2, -0.15) is 8.78 Å². The molecule has 0 saturated heterocycles. The van der Waals surface area contributed by atoms with E-state index in [4.69, 9.17) is 28.9 Å². The van der Waals surface area contributed by atoms with E-state index in [0.717, 1.165) is 22.7 Å². The van der Waals surface area contributed by atoms with Gasteiger partial charge in [0.25, 0.3) is 0 Å². The summed E-state index contributed by atoms with van der Waals surface area (Å²) in [5.74, 6) is 0. The Kier molecular flexibility index (Phi) is 10.2. The normalized spacial score (nSPS) is 15.2. The molecule has 0 spiro atoms. The average Bonchev–Trinajstić information content (AvgIpc) is 3.12. The number of nitrogens with two attached hydrogens (primary N) is 1. The van der Waals surface area contributed by atoms with Crippen molar-refractivity contribution in [1.82, 2.24) is 9.55 Å². The Morgan fingerprint density at radius 2 is 1.90 bits per heavy atom. The third-order valence-electron chi connectivity index (χ3n) is 4.54. The van der Waals surface area contributed by atoms with E-state index >= 15 is 0 Å². The summed E-state index contributed by atoms with van der Waals surface area (Å²) in [6.07, 6.45) is 8.96. The number of fused-ring (bicyclic) bond motifs is 1. The Morgan fingerprint density at radius 3 is 2.45 bits per heavy atom. The van der Waals surface area contributed by atoms with Crippen LogP contribution in [-0.4, -0.2) is 15.6 Å². The zero-order valence-electron chi connectivity index (χ0n) is 17.7. The molecule has 8 heteroatoms. The lowest BCUT2D eigenvalue weighted by atomic mass is 10.0. The molecular weight excluding hydrogens is 441 g/mol.